The third kappa shape index (κ3) is 3.25. The zero-order valence-corrected chi connectivity index (χ0v) is 13.5. The van der Waals surface area contributed by atoms with Gasteiger partial charge in [0.2, 0.25) is 23.6 Å². The van der Waals surface area contributed by atoms with Gasteiger partial charge in [-0.3, -0.25) is 19.2 Å². The van der Waals surface area contributed by atoms with Crippen molar-refractivity contribution in [3.63, 3.8) is 0 Å². The number of nitrogens with zero attached hydrogens (tertiary/aromatic N) is 2. The Morgan fingerprint density at radius 2 is 0.962 bits per heavy atom. The molecule has 1 fully saturated rings. The third-order valence-electron chi connectivity index (χ3n) is 3.78. The molecule has 2 N–H and O–H groups in total. The molecule has 1 aliphatic heterocycles. The molecule has 26 heavy (non-hydrogen) atoms. The van der Waals surface area contributed by atoms with Gasteiger partial charge >= 0.3 is 0 Å². The molecule has 0 aromatic heterocycles. The first-order valence-electron chi connectivity index (χ1n) is 7.66. The van der Waals surface area contributed by atoms with Gasteiger partial charge in [-0.1, -0.05) is 12.1 Å². The minimum atomic E-state index is -0.816. The van der Waals surface area contributed by atoms with E-state index in [1.807, 2.05) is 0 Å². The molecule has 0 radical (unpaired) electrons. The van der Waals surface area contributed by atoms with E-state index < -0.39 is 36.5 Å². The number of hydrogen-bond donors (Lipinski definition) is 2. The fraction of sp³-hybridized carbons (Fsp3) is 0.111. The molecule has 8 nitrogen and oxygen atoms in total. The maximum absolute atomic E-state index is 12.5. The number of amides is 4. The van der Waals surface area contributed by atoms with E-state index in [-0.39, 0.29) is 22.9 Å². The van der Waals surface area contributed by atoms with Gasteiger partial charge in [-0.05, 0) is 24.3 Å². The lowest BCUT2D eigenvalue weighted by Gasteiger charge is -2.28. The monoisotopic (exact) mass is 354 g/mol. The molecule has 132 valence electrons. The molecule has 1 saturated heterocycles. The zero-order chi connectivity index (χ0) is 18.8. The molecule has 0 atom stereocenters. The van der Waals surface area contributed by atoms with Gasteiger partial charge in [0.05, 0.1) is 11.4 Å². The van der Waals surface area contributed by atoms with Crippen LogP contribution in [0.15, 0.2) is 48.5 Å². The molecule has 1 aliphatic rings. The lowest BCUT2D eigenvalue weighted by Crippen LogP contribution is -2.49. The molecule has 1 heterocycles. The first-order chi connectivity index (χ1) is 12.4. The summed E-state index contributed by atoms with van der Waals surface area (Å²) in [5.41, 5.74) is 0.151. The predicted molar refractivity (Wildman–Crippen MR) is 90.4 cm³/mol. The number of phenols is 2. The predicted octanol–water partition coefficient (Wildman–Crippen LogP) is 1.31. The number of carbonyl (C=O) groups is 4. The van der Waals surface area contributed by atoms with Crippen LogP contribution in [0.25, 0.3) is 0 Å². The Balaban J connectivity index is 1.97. The number of aromatic hydroxyl groups is 2. The molecule has 0 aliphatic carbocycles. The first kappa shape index (κ1) is 17.2. The van der Waals surface area contributed by atoms with Crippen molar-refractivity contribution in [2.45, 2.75) is 12.8 Å². The van der Waals surface area contributed by atoms with Crippen LogP contribution < -0.4 is 9.80 Å². The van der Waals surface area contributed by atoms with Crippen molar-refractivity contribution < 1.29 is 29.4 Å². The van der Waals surface area contributed by atoms with Crippen LogP contribution in [-0.2, 0) is 19.2 Å². The van der Waals surface area contributed by atoms with Crippen molar-refractivity contribution in [2.75, 3.05) is 9.80 Å². The summed E-state index contributed by atoms with van der Waals surface area (Å²) in [6, 6.07) is 10.8. The van der Waals surface area contributed by atoms with E-state index in [2.05, 4.69) is 0 Å². The second-order valence-electron chi connectivity index (χ2n) is 5.64. The summed E-state index contributed by atoms with van der Waals surface area (Å²) in [6.45, 7) is 0. The highest BCUT2D eigenvalue weighted by Crippen LogP contribution is 2.26. The standard InChI is InChI=1S/C18H14N2O6/c21-13-5-1-3-11(7-13)19-15(23)9-17(25)20(18(26)10-16(19)24)12-4-2-6-14(22)8-12/h1-8,21-22H,9-10H2. The van der Waals surface area contributed by atoms with E-state index in [1.165, 1.54) is 48.5 Å². The highest BCUT2D eigenvalue weighted by molar-refractivity contribution is 6.31. The van der Waals surface area contributed by atoms with Crippen molar-refractivity contribution in [2.24, 2.45) is 0 Å². The normalized spacial score (nSPS) is 15.8. The van der Waals surface area contributed by atoms with Crippen LogP contribution in [0.1, 0.15) is 12.8 Å². The maximum Gasteiger partial charge on any atom is 0.243 e. The Morgan fingerprint density at radius 3 is 1.27 bits per heavy atom. The molecule has 8 heteroatoms. The van der Waals surface area contributed by atoms with Crippen molar-refractivity contribution in [1.29, 1.82) is 0 Å². The van der Waals surface area contributed by atoms with Gasteiger partial charge in [0.15, 0.2) is 0 Å². The molecule has 3 rings (SSSR count). The summed E-state index contributed by atoms with van der Waals surface area (Å²) >= 11 is 0. The largest absolute Gasteiger partial charge is 0.508 e. The maximum atomic E-state index is 12.5. The molecular weight excluding hydrogens is 340 g/mol. The fourth-order valence-electron chi connectivity index (χ4n) is 2.69. The van der Waals surface area contributed by atoms with Gasteiger partial charge in [-0.15, -0.1) is 0 Å². The summed E-state index contributed by atoms with van der Waals surface area (Å²) in [5.74, 6) is -3.59. The van der Waals surface area contributed by atoms with E-state index in [0.717, 1.165) is 9.80 Å². The summed E-state index contributed by atoms with van der Waals surface area (Å²) in [5, 5.41) is 19.1. The van der Waals surface area contributed by atoms with E-state index in [9.17, 15) is 29.4 Å². The summed E-state index contributed by atoms with van der Waals surface area (Å²) in [6.07, 6.45) is -1.44. The van der Waals surface area contributed by atoms with Gasteiger partial charge in [-0.2, -0.15) is 0 Å². The van der Waals surface area contributed by atoms with Crippen molar-refractivity contribution in [3.8, 4) is 11.5 Å². The summed E-state index contributed by atoms with van der Waals surface area (Å²) in [4.78, 5) is 51.3. The number of phenolic OH excluding ortho intramolecular Hbond substituents is 2. The average Bonchev–Trinajstić information content (AvgIpc) is 2.54. The van der Waals surface area contributed by atoms with Crippen molar-refractivity contribution in [1.82, 2.24) is 0 Å². The second kappa shape index (κ2) is 6.67. The van der Waals surface area contributed by atoms with E-state index in [0.29, 0.717) is 0 Å². The van der Waals surface area contributed by atoms with E-state index >= 15 is 0 Å². The minimum Gasteiger partial charge on any atom is -0.508 e. The summed E-state index contributed by atoms with van der Waals surface area (Å²) in [7, 11) is 0. The van der Waals surface area contributed by atoms with Gasteiger partial charge in [0.1, 0.15) is 24.3 Å². The highest BCUT2D eigenvalue weighted by Gasteiger charge is 2.36. The molecule has 2 aromatic rings. The molecule has 4 amide bonds. The molecule has 2 aromatic carbocycles. The molecule has 0 bridgehead atoms. The van der Waals surface area contributed by atoms with Crippen LogP contribution in [0.3, 0.4) is 0 Å². The number of carbonyl (C=O) groups excluding carboxylic acids is 4. The third-order valence-corrected chi connectivity index (χ3v) is 3.78. The Labute approximate surface area is 147 Å². The van der Waals surface area contributed by atoms with Gasteiger partial charge in [-0.25, -0.2) is 9.80 Å². The lowest BCUT2D eigenvalue weighted by molar-refractivity contribution is -0.134. The number of benzene rings is 2. The number of anilines is 2. The topological polar surface area (TPSA) is 115 Å². The van der Waals surface area contributed by atoms with Crippen LogP contribution >= 0.6 is 0 Å². The van der Waals surface area contributed by atoms with E-state index in [4.69, 9.17) is 0 Å². The Bertz CT molecular complexity index is 820. The second-order valence-corrected chi connectivity index (χ2v) is 5.64. The van der Waals surface area contributed by atoms with Crippen molar-refractivity contribution in [3.05, 3.63) is 48.5 Å². The van der Waals surface area contributed by atoms with E-state index in [1.54, 1.807) is 0 Å². The smallest absolute Gasteiger partial charge is 0.243 e. The lowest BCUT2D eigenvalue weighted by atomic mass is 10.1. The average molecular weight is 354 g/mol. The molecule has 0 unspecified atom stereocenters. The van der Waals surface area contributed by atoms with Crippen molar-refractivity contribution >= 4 is 35.0 Å². The van der Waals surface area contributed by atoms with Crippen LogP contribution in [0.5, 0.6) is 11.5 Å². The Morgan fingerprint density at radius 1 is 0.615 bits per heavy atom. The van der Waals surface area contributed by atoms with Gasteiger partial charge in [0, 0.05) is 12.1 Å². The Hall–Kier alpha value is -3.68. The summed E-state index contributed by atoms with van der Waals surface area (Å²) < 4.78 is 0. The molecular formula is C18H14N2O6. The van der Waals surface area contributed by atoms with Crippen LogP contribution in [-0.4, -0.2) is 33.8 Å². The molecule has 0 spiro atoms. The van der Waals surface area contributed by atoms with Gasteiger partial charge in [0.25, 0.3) is 0 Å². The number of hydrogen-bond acceptors (Lipinski definition) is 6. The zero-order valence-electron chi connectivity index (χ0n) is 13.5. The Kier molecular flexibility index (Phi) is 4.40. The first-order valence-corrected chi connectivity index (χ1v) is 7.66. The number of imide groups is 2. The van der Waals surface area contributed by atoms with Crippen LogP contribution in [0.4, 0.5) is 11.4 Å². The van der Waals surface area contributed by atoms with Crippen LogP contribution in [0, 0.1) is 0 Å². The number of rotatable bonds is 2. The SMILES string of the molecule is O=C1CC(=O)N(c2cccc(O)c2)C(=O)CC(=O)N1c1cccc(O)c1. The quantitative estimate of drug-likeness (QED) is 0.621. The van der Waals surface area contributed by atoms with Gasteiger partial charge < -0.3 is 10.2 Å². The molecule has 0 saturated carbocycles. The minimum absolute atomic E-state index is 0.0754. The van der Waals surface area contributed by atoms with Crippen LogP contribution in [0.2, 0.25) is 0 Å². The highest BCUT2D eigenvalue weighted by atomic mass is 16.3. The fourth-order valence-corrected chi connectivity index (χ4v) is 2.69.